The van der Waals surface area contributed by atoms with Gasteiger partial charge < -0.3 is 10.2 Å². The fourth-order valence-electron chi connectivity index (χ4n) is 1.51. The van der Waals surface area contributed by atoms with E-state index in [4.69, 9.17) is 15.8 Å². The van der Waals surface area contributed by atoms with Crippen LogP contribution in [0.5, 0.6) is 11.6 Å². The molecule has 3 N–H and O–H groups in total. The maximum atomic E-state index is 8.83. The van der Waals surface area contributed by atoms with Crippen molar-refractivity contribution in [2.75, 3.05) is 5.43 Å². The van der Waals surface area contributed by atoms with Crippen molar-refractivity contribution in [1.29, 1.82) is 5.26 Å². The van der Waals surface area contributed by atoms with Crippen molar-refractivity contribution in [3.05, 3.63) is 41.7 Å². The molecule has 6 heteroatoms. The molecule has 0 aliphatic carbocycles. The van der Waals surface area contributed by atoms with Crippen LogP contribution in [0.15, 0.2) is 30.3 Å². The summed E-state index contributed by atoms with van der Waals surface area (Å²) in [4.78, 5) is 8.40. The zero-order valence-electron chi connectivity index (χ0n) is 10.4. The highest BCUT2D eigenvalue weighted by Gasteiger charge is 2.05. The molecule has 6 nitrogen and oxygen atoms in total. The maximum Gasteiger partial charge on any atom is 0.224 e. The Bertz CT molecular complexity index is 598. The van der Waals surface area contributed by atoms with E-state index in [1.807, 2.05) is 6.92 Å². The van der Waals surface area contributed by atoms with Crippen LogP contribution in [0.3, 0.4) is 0 Å². The number of nitriles is 1. The van der Waals surface area contributed by atoms with E-state index >= 15 is 0 Å². The molecule has 0 bridgehead atoms. The zero-order chi connectivity index (χ0) is 13.7. The molecule has 0 unspecified atom stereocenters. The number of nitrogens with two attached hydrogens (primary N) is 1. The Labute approximate surface area is 110 Å². The summed E-state index contributed by atoms with van der Waals surface area (Å²) < 4.78 is 5.61. The lowest BCUT2D eigenvalue weighted by Crippen LogP contribution is -2.10. The molecule has 0 aliphatic heterocycles. The van der Waals surface area contributed by atoms with Crippen LogP contribution >= 0.6 is 0 Å². The molecular formula is C13H13N5O. The lowest BCUT2D eigenvalue weighted by molar-refractivity contribution is 0.459. The lowest BCUT2D eigenvalue weighted by Gasteiger charge is -2.08. The number of nitrogen functional groups attached to an aromatic ring is 1. The number of rotatable bonds is 4. The molecule has 0 fully saturated rings. The number of ether oxygens (including phenoxy) is 1. The third-order valence-corrected chi connectivity index (χ3v) is 2.40. The van der Waals surface area contributed by atoms with Crippen molar-refractivity contribution in [3.8, 4) is 17.7 Å². The second-order valence-electron chi connectivity index (χ2n) is 3.75. The second-order valence-corrected chi connectivity index (χ2v) is 3.75. The zero-order valence-corrected chi connectivity index (χ0v) is 10.4. The lowest BCUT2D eigenvalue weighted by atomic mass is 10.2. The maximum absolute atomic E-state index is 8.83. The fourth-order valence-corrected chi connectivity index (χ4v) is 1.51. The minimum atomic E-state index is 0.384. The molecule has 0 spiro atoms. The third kappa shape index (κ3) is 3.18. The van der Waals surface area contributed by atoms with E-state index in [-0.39, 0.29) is 0 Å². The average molecular weight is 255 g/mol. The Hall–Kier alpha value is -2.65. The monoisotopic (exact) mass is 255 g/mol. The molecule has 0 radical (unpaired) electrons. The molecular weight excluding hydrogens is 242 g/mol. The van der Waals surface area contributed by atoms with Crippen LogP contribution < -0.4 is 16.0 Å². The topological polar surface area (TPSA) is 96.9 Å². The number of hydrogen-bond acceptors (Lipinski definition) is 6. The van der Waals surface area contributed by atoms with E-state index < -0.39 is 0 Å². The first-order valence-electron chi connectivity index (χ1n) is 5.77. The summed E-state index contributed by atoms with van der Waals surface area (Å²) in [6.07, 6.45) is 0.671. The number of benzene rings is 1. The summed E-state index contributed by atoms with van der Waals surface area (Å²) in [7, 11) is 0. The Morgan fingerprint density at radius 2 is 2.21 bits per heavy atom. The van der Waals surface area contributed by atoms with Crippen LogP contribution in [0.25, 0.3) is 0 Å². The van der Waals surface area contributed by atoms with Gasteiger partial charge in [0.1, 0.15) is 17.4 Å². The Morgan fingerprint density at radius 3 is 2.89 bits per heavy atom. The molecule has 1 aromatic heterocycles. The highest BCUT2D eigenvalue weighted by molar-refractivity contribution is 5.41. The second kappa shape index (κ2) is 5.80. The van der Waals surface area contributed by atoms with Crippen LogP contribution in [0.2, 0.25) is 0 Å². The highest BCUT2D eigenvalue weighted by atomic mass is 16.5. The molecule has 0 amide bonds. The van der Waals surface area contributed by atoms with Gasteiger partial charge in [-0.1, -0.05) is 13.0 Å². The molecule has 0 aliphatic rings. The largest absolute Gasteiger partial charge is 0.439 e. The van der Waals surface area contributed by atoms with E-state index in [0.29, 0.717) is 35.3 Å². The third-order valence-electron chi connectivity index (χ3n) is 2.40. The Balaban J connectivity index is 2.29. The molecule has 1 aromatic carbocycles. The van der Waals surface area contributed by atoms with Gasteiger partial charge in [-0.2, -0.15) is 10.2 Å². The predicted molar refractivity (Wildman–Crippen MR) is 70.5 cm³/mol. The molecule has 2 rings (SSSR count). The number of anilines is 1. The van der Waals surface area contributed by atoms with Gasteiger partial charge in [-0.25, -0.2) is 10.8 Å². The van der Waals surface area contributed by atoms with Crippen LogP contribution in [-0.4, -0.2) is 9.97 Å². The summed E-state index contributed by atoms with van der Waals surface area (Å²) in [6, 6.07) is 10.5. The van der Waals surface area contributed by atoms with Gasteiger partial charge in [0.15, 0.2) is 0 Å². The minimum absolute atomic E-state index is 0.384. The normalized spacial score (nSPS) is 9.74. The summed E-state index contributed by atoms with van der Waals surface area (Å²) >= 11 is 0. The molecule has 0 saturated heterocycles. The van der Waals surface area contributed by atoms with Gasteiger partial charge in [0.05, 0.1) is 11.6 Å². The molecule has 1 heterocycles. The highest BCUT2D eigenvalue weighted by Crippen LogP contribution is 2.22. The number of hydrazine groups is 1. The van der Waals surface area contributed by atoms with Gasteiger partial charge in [-0.05, 0) is 18.2 Å². The van der Waals surface area contributed by atoms with Crippen LogP contribution in [-0.2, 0) is 6.42 Å². The first-order valence-corrected chi connectivity index (χ1v) is 5.77. The quantitative estimate of drug-likeness (QED) is 0.640. The number of nitrogens with zero attached hydrogens (tertiary/aromatic N) is 3. The van der Waals surface area contributed by atoms with Crippen molar-refractivity contribution in [1.82, 2.24) is 9.97 Å². The van der Waals surface area contributed by atoms with Gasteiger partial charge in [-0.3, -0.25) is 0 Å². The van der Waals surface area contributed by atoms with Crippen molar-refractivity contribution in [2.45, 2.75) is 13.3 Å². The number of aromatic nitrogens is 2. The van der Waals surface area contributed by atoms with E-state index in [1.165, 1.54) is 0 Å². The summed E-state index contributed by atoms with van der Waals surface area (Å²) in [6.45, 7) is 1.94. The minimum Gasteiger partial charge on any atom is -0.439 e. The first kappa shape index (κ1) is 12.8. The van der Waals surface area contributed by atoms with Gasteiger partial charge >= 0.3 is 0 Å². The Morgan fingerprint density at radius 1 is 1.37 bits per heavy atom. The average Bonchev–Trinajstić information content (AvgIpc) is 2.47. The van der Waals surface area contributed by atoms with Crippen LogP contribution in [0.4, 0.5) is 5.82 Å². The summed E-state index contributed by atoms with van der Waals surface area (Å²) in [5.74, 6) is 7.38. The van der Waals surface area contributed by atoms with Gasteiger partial charge in [0.2, 0.25) is 5.88 Å². The van der Waals surface area contributed by atoms with Crippen molar-refractivity contribution in [3.63, 3.8) is 0 Å². The Kier molecular flexibility index (Phi) is 3.90. The molecule has 2 aromatic rings. The number of nitrogens with one attached hydrogen (secondary N) is 1. The van der Waals surface area contributed by atoms with Crippen LogP contribution in [0.1, 0.15) is 18.3 Å². The molecule has 96 valence electrons. The summed E-state index contributed by atoms with van der Waals surface area (Å²) in [5.41, 5.74) is 2.99. The van der Waals surface area contributed by atoms with Crippen molar-refractivity contribution < 1.29 is 4.74 Å². The number of hydrogen-bond donors (Lipinski definition) is 2. The standard InChI is InChI=1S/C13H13N5O/c1-2-11-16-12(18-15)7-13(17-11)19-10-5-3-4-9(6-10)8-14/h3-7H,2,15H2,1H3,(H,16,17,18). The molecule has 0 saturated carbocycles. The van der Waals surface area contributed by atoms with E-state index in [9.17, 15) is 0 Å². The van der Waals surface area contributed by atoms with Crippen LogP contribution in [0, 0.1) is 11.3 Å². The SMILES string of the molecule is CCc1nc(NN)cc(Oc2cccc(C#N)c2)n1. The first-order chi connectivity index (χ1) is 9.25. The van der Waals surface area contributed by atoms with Crippen molar-refractivity contribution in [2.24, 2.45) is 5.84 Å². The predicted octanol–water partition coefficient (Wildman–Crippen LogP) is 1.99. The number of aryl methyl sites for hydroxylation is 1. The summed E-state index contributed by atoms with van der Waals surface area (Å²) in [5, 5.41) is 8.83. The van der Waals surface area contributed by atoms with Gasteiger partial charge in [0.25, 0.3) is 0 Å². The fraction of sp³-hybridized carbons (Fsp3) is 0.154. The van der Waals surface area contributed by atoms with Gasteiger partial charge in [0, 0.05) is 12.5 Å². The van der Waals surface area contributed by atoms with Gasteiger partial charge in [-0.15, -0.1) is 0 Å². The van der Waals surface area contributed by atoms with Crippen molar-refractivity contribution >= 4 is 5.82 Å². The van der Waals surface area contributed by atoms with E-state index in [0.717, 1.165) is 0 Å². The van der Waals surface area contributed by atoms with E-state index in [2.05, 4.69) is 21.5 Å². The molecule has 0 atom stereocenters. The molecule has 19 heavy (non-hydrogen) atoms. The van der Waals surface area contributed by atoms with E-state index in [1.54, 1.807) is 30.3 Å². The smallest absolute Gasteiger partial charge is 0.224 e.